The van der Waals surface area contributed by atoms with E-state index in [1.165, 1.54) is 13.8 Å². The van der Waals surface area contributed by atoms with Crippen LogP contribution in [0.2, 0.25) is 0 Å². The molecule has 0 radical (unpaired) electrons. The largest absolute Gasteiger partial charge is 0.482 e. The maximum Gasteiger partial charge on any atom is 0.344 e. The Morgan fingerprint density at radius 3 is 2.15 bits per heavy atom. The van der Waals surface area contributed by atoms with Gasteiger partial charge in [-0.1, -0.05) is 0 Å². The Bertz CT molecular complexity index is 676. The molecule has 0 aliphatic rings. The molecule has 142 valence electrons. The Labute approximate surface area is 152 Å². The number of hydrogen-bond acceptors (Lipinski definition) is 6. The van der Waals surface area contributed by atoms with E-state index in [0.717, 1.165) is 0 Å². The van der Waals surface area contributed by atoms with Crippen molar-refractivity contribution >= 4 is 23.7 Å². The van der Waals surface area contributed by atoms with Crippen LogP contribution in [-0.2, 0) is 14.3 Å². The van der Waals surface area contributed by atoms with Crippen LogP contribution >= 0.6 is 0 Å². The molecule has 0 fully saturated rings. The van der Waals surface area contributed by atoms with E-state index in [-0.39, 0.29) is 5.78 Å². The Morgan fingerprint density at radius 2 is 1.65 bits per heavy atom. The molecule has 0 unspecified atom stereocenters. The summed E-state index contributed by atoms with van der Waals surface area (Å²) in [5.74, 6) is -1.20. The number of imide groups is 1. The number of esters is 1. The van der Waals surface area contributed by atoms with Crippen LogP contribution < -0.4 is 15.4 Å². The third-order valence-corrected chi connectivity index (χ3v) is 3.02. The molecule has 8 heteroatoms. The van der Waals surface area contributed by atoms with E-state index in [0.29, 0.717) is 11.3 Å². The maximum atomic E-state index is 11.8. The first-order valence-corrected chi connectivity index (χ1v) is 8.04. The number of carbonyl (C=O) groups excluding carboxylic acids is 4. The lowest BCUT2D eigenvalue weighted by Gasteiger charge is -2.21. The molecule has 0 spiro atoms. The predicted octanol–water partition coefficient (Wildman–Crippen LogP) is 1.82. The molecule has 8 nitrogen and oxygen atoms in total. The highest BCUT2D eigenvalue weighted by atomic mass is 16.6. The Morgan fingerprint density at radius 1 is 1.08 bits per heavy atom. The number of ether oxygens (including phenoxy) is 2. The summed E-state index contributed by atoms with van der Waals surface area (Å²) >= 11 is 0. The van der Waals surface area contributed by atoms with E-state index in [2.05, 4.69) is 10.6 Å². The minimum absolute atomic E-state index is 0.0775. The van der Waals surface area contributed by atoms with Gasteiger partial charge in [0.05, 0.1) is 0 Å². The average Bonchev–Trinajstić information content (AvgIpc) is 2.51. The smallest absolute Gasteiger partial charge is 0.344 e. The molecule has 0 aromatic heterocycles. The number of urea groups is 1. The Hall–Kier alpha value is -2.90. The van der Waals surface area contributed by atoms with Gasteiger partial charge in [-0.25, -0.2) is 9.59 Å². The molecular weight excluding hydrogens is 340 g/mol. The highest BCUT2D eigenvalue weighted by Crippen LogP contribution is 2.12. The molecular formula is C18H24N2O6. The summed E-state index contributed by atoms with van der Waals surface area (Å²) in [7, 11) is 0. The molecule has 1 atom stereocenters. The van der Waals surface area contributed by atoms with Crippen LogP contribution in [-0.4, -0.2) is 41.9 Å². The monoisotopic (exact) mass is 364 g/mol. The number of amides is 3. The lowest BCUT2D eigenvalue weighted by molar-refractivity contribution is -0.156. The fraction of sp³-hybridized carbons (Fsp3) is 0.444. The second-order valence-corrected chi connectivity index (χ2v) is 6.69. The van der Waals surface area contributed by atoms with Crippen molar-refractivity contribution < 1.29 is 28.7 Å². The topological polar surface area (TPSA) is 111 Å². The second kappa shape index (κ2) is 8.98. The van der Waals surface area contributed by atoms with Crippen LogP contribution in [0.15, 0.2) is 24.3 Å². The standard InChI is InChI=1S/C18H24N2O6/c1-11(21)13-6-8-14(9-7-13)25-10-15(22)26-12(2)16(23)19-17(24)20-18(3,4)5/h6-9,12H,10H2,1-5H3,(H2,19,20,23,24)/t12-/m1/s1. The van der Waals surface area contributed by atoms with Crippen molar-refractivity contribution in [3.8, 4) is 5.75 Å². The maximum absolute atomic E-state index is 11.8. The van der Waals surface area contributed by atoms with E-state index in [4.69, 9.17) is 9.47 Å². The van der Waals surface area contributed by atoms with Crippen molar-refractivity contribution in [1.82, 2.24) is 10.6 Å². The summed E-state index contributed by atoms with van der Waals surface area (Å²) in [6.45, 7) is 7.67. The van der Waals surface area contributed by atoms with E-state index in [9.17, 15) is 19.2 Å². The van der Waals surface area contributed by atoms with E-state index < -0.39 is 36.2 Å². The number of Topliss-reactive ketones (excluding diaryl/α,β-unsaturated/α-hetero) is 1. The molecule has 0 heterocycles. The molecule has 3 amide bonds. The number of nitrogens with one attached hydrogen (secondary N) is 2. The molecule has 0 bridgehead atoms. The molecule has 0 aliphatic heterocycles. The normalized spacial score (nSPS) is 11.9. The number of ketones is 1. The van der Waals surface area contributed by atoms with Crippen LogP contribution in [0.1, 0.15) is 45.0 Å². The van der Waals surface area contributed by atoms with Crippen LogP contribution in [0.25, 0.3) is 0 Å². The summed E-state index contributed by atoms with van der Waals surface area (Å²) in [5.41, 5.74) is 0.0227. The van der Waals surface area contributed by atoms with Gasteiger partial charge in [-0.2, -0.15) is 0 Å². The molecule has 1 rings (SSSR count). The van der Waals surface area contributed by atoms with Crippen LogP contribution in [0.3, 0.4) is 0 Å². The fourth-order valence-electron chi connectivity index (χ4n) is 1.80. The lowest BCUT2D eigenvalue weighted by atomic mass is 10.1. The predicted molar refractivity (Wildman–Crippen MR) is 93.9 cm³/mol. The van der Waals surface area contributed by atoms with Gasteiger partial charge >= 0.3 is 12.0 Å². The quantitative estimate of drug-likeness (QED) is 0.588. The highest BCUT2D eigenvalue weighted by Gasteiger charge is 2.22. The summed E-state index contributed by atoms with van der Waals surface area (Å²) in [4.78, 5) is 46.4. The van der Waals surface area contributed by atoms with E-state index in [1.807, 2.05) is 0 Å². The van der Waals surface area contributed by atoms with Gasteiger partial charge in [0, 0.05) is 11.1 Å². The van der Waals surface area contributed by atoms with Crippen molar-refractivity contribution in [2.75, 3.05) is 6.61 Å². The van der Waals surface area contributed by atoms with E-state index >= 15 is 0 Å². The zero-order valence-corrected chi connectivity index (χ0v) is 15.5. The van der Waals surface area contributed by atoms with Gasteiger partial charge in [0.25, 0.3) is 5.91 Å². The SMILES string of the molecule is CC(=O)c1ccc(OCC(=O)O[C@H](C)C(=O)NC(=O)NC(C)(C)C)cc1. The highest BCUT2D eigenvalue weighted by molar-refractivity contribution is 5.97. The first kappa shape index (κ1) is 21.1. The van der Waals surface area contributed by atoms with Gasteiger partial charge in [0.2, 0.25) is 0 Å². The minimum Gasteiger partial charge on any atom is -0.482 e. The Kier molecular flexibility index (Phi) is 7.30. The number of rotatable bonds is 6. The van der Waals surface area contributed by atoms with Crippen molar-refractivity contribution in [3.63, 3.8) is 0 Å². The van der Waals surface area contributed by atoms with Gasteiger partial charge in [-0.3, -0.25) is 14.9 Å². The van der Waals surface area contributed by atoms with Gasteiger partial charge in [0.1, 0.15) is 5.75 Å². The molecule has 1 aromatic rings. The first-order chi connectivity index (χ1) is 12.0. The summed E-state index contributed by atoms with van der Waals surface area (Å²) in [5, 5.41) is 4.65. The van der Waals surface area contributed by atoms with Gasteiger partial charge in [-0.15, -0.1) is 0 Å². The van der Waals surface area contributed by atoms with E-state index in [1.54, 1.807) is 45.0 Å². The molecule has 1 aromatic carbocycles. The lowest BCUT2D eigenvalue weighted by Crippen LogP contribution is -2.50. The van der Waals surface area contributed by atoms with Gasteiger partial charge in [-0.05, 0) is 58.9 Å². The Balaban J connectivity index is 2.42. The van der Waals surface area contributed by atoms with Gasteiger partial charge < -0.3 is 14.8 Å². The molecule has 0 aliphatic carbocycles. The third-order valence-electron chi connectivity index (χ3n) is 3.02. The molecule has 0 saturated carbocycles. The van der Waals surface area contributed by atoms with Crippen LogP contribution in [0.5, 0.6) is 5.75 Å². The molecule has 2 N–H and O–H groups in total. The van der Waals surface area contributed by atoms with Crippen molar-refractivity contribution in [2.24, 2.45) is 0 Å². The summed E-state index contributed by atoms with van der Waals surface area (Å²) in [6.07, 6.45) is -1.16. The van der Waals surface area contributed by atoms with Crippen molar-refractivity contribution in [3.05, 3.63) is 29.8 Å². The number of hydrogen-bond donors (Lipinski definition) is 2. The first-order valence-electron chi connectivity index (χ1n) is 8.04. The summed E-state index contributed by atoms with van der Waals surface area (Å²) in [6, 6.07) is 5.58. The second-order valence-electron chi connectivity index (χ2n) is 6.69. The minimum atomic E-state index is -1.16. The fourth-order valence-corrected chi connectivity index (χ4v) is 1.80. The van der Waals surface area contributed by atoms with Crippen LogP contribution in [0, 0.1) is 0 Å². The van der Waals surface area contributed by atoms with Crippen molar-refractivity contribution in [2.45, 2.75) is 46.3 Å². The van der Waals surface area contributed by atoms with Crippen LogP contribution in [0.4, 0.5) is 4.79 Å². The summed E-state index contributed by atoms with van der Waals surface area (Å²) < 4.78 is 10.2. The molecule has 0 saturated heterocycles. The number of carbonyl (C=O) groups is 4. The third kappa shape index (κ3) is 7.78. The average molecular weight is 364 g/mol. The zero-order valence-electron chi connectivity index (χ0n) is 15.5. The number of benzene rings is 1. The van der Waals surface area contributed by atoms with Gasteiger partial charge in [0.15, 0.2) is 18.5 Å². The molecule has 26 heavy (non-hydrogen) atoms. The van der Waals surface area contributed by atoms with Crippen molar-refractivity contribution in [1.29, 1.82) is 0 Å². The zero-order chi connectivity index (χ0) is 19.9.